The Bertz CT molecular complexity index is 1080. The van der Waals surface area contributed by atoms with E-state index in [2.05, 4.69) is 25.3 Å². The highest BCUT2D eigenvalue weighted by Crippen LogP contribution is 2.29. The number of nitrogens with zero attached hydrogens (tertiary/aromatic N) is 4. The first-order valence-electron chi connectivity index (χ1n) is 8.86. The standard InChI is InChI=1S/C18H19F3N6O2S/c1-13-8-11-27(26-13)17-7-6-16(24-25-17)22-9-10-23-30(28,29)12-14-2-4-15(5-3-14)18(19,20)21/h2-8,11,23H,9-10,12H2,1H3,(H,22,24). The number of aromatic nitrogens is 4. The molecule has 0 bridgehead atoms. The third-order valence-electron chi connectivity index (χ3n) is 4.00. The molecule has 0 unspecified atom stereocenters. The van der Waals surface area contributed by atoms with E-state index < -0.39 is 27.5 Å². The largest absolute Gasteiger partial charge is 0.416 e. The SMILES string of the molecule is Cc1ccn(-c2ccc(NCCNS(=O)(=O)Cc3ccc(C(F)(F)F)cc3)nn2)n1. The van der Waals surface area contributed by atoms with Crippen LogP contribution in [0.3, 0.4) is 0 Å². The molecular weight excluding hydrogens is 421 g/mol. The monoisotopic (exact) mass is 440 g/mol. The third kappa shape index (κ3) is 6.00. The van der Waals surface area contributed by atoms with E-state index in [1.807, 2.05) is 13.0 Å². The minimum atomic E-state index is -4.46. The van der Waals surface area contributed by atoms with Crippen LogP contribution in [-0.2, 0) is 22.0 Å². The molecule has 2 N–H and O–H groups in total. The van der Waals surface area contributed by atoms with Crippen LogP contribution in [0.4, 0.5) is 19.0 Å². The van der Waals surface area contributed by atoms with Crippen LogP contribution >= 0.6 is 0 Å². The van der Waals surface area contributed by atoms with Crippen molar-refractivity contribution in [1.29, 1.82) is 0 Å². The molecule has 2 aromatic heterocycles. The summed E-state index contributed by atoms with van der Waals surface area (Å²) in [7, 11) is -3.70. The second-order valence-corrected chi connectivity index (χ2v) is 8.26. The van der Waals surface area contributed by atoms with E-state index in [1.165, 1.54) is 0 Å². The van der Waals surface area contributed by atoms with Gasteiger partial charge in [-0.2, -0.15) is 18.3 Å². The van der Waals surface area contributed by atoms with E-state index in [0.717, 1.165) is 30.0 Å². The maximum atomic E-state index is 12.6. The van der Waals surface area contributed by atoms with Crippen LogP contribution in [0.15, 0.2) is 48.7 Å². The van der Waals surface area contributed by atoms with Crippen molar-refractivity contribution >= 4 is 15.8 Å². The van der Waals surface area contributed by atoms with Gasteiger partial charge in [0.25, 0.3) is 0 Å². The van der Waals surface area contributed by atoms with Crippen LogP contribution in [0.2, 0.25) is 0 Å². The summed E-state index contributed by atoms with van der Waals surface area (Å²) in [5, 5.41) is 15.2. The normalized spacial score (nSPS) is 12.1. The number of alkyl halides is 3. The van der Waals surface area contributed by atoms with Crippen molar-refractivity contribution in [2.45, 2.75) is 18.9 Å². The highest BCUT2D eigenvalue weighted by molar-refractivity contribution is 7.88. The molecule has 8 nitrogen and oxygen atoms in total. The Balaban J connectivity index is 1.46. The number of benzene rings is 1. The van der Waals surface area contributed by atoms with Crippen molar-refractivity contribution in [3.05, 3.63) is 65.5 Å². The van der Waals surface area contributed by atoms with Gasteiger partial charge in [-0.1, -0.05) is 12.1 Å². The molecule has 0 aliphatic heterocycles. The fourth-order valence-corrected chi connectivity index (χ4v) is 3.69. The summed E-state index contributed by atoms with van der Waals surface area (Å²) in [6.45, 7) is 2.18. The zero-order valence-electron chi connectivity index (χ0n) is 15.9. The van der Waals surface area contributed by atoms with Crippen LogP contribution in [0.1, 0.15) is 16.8 Å². The third-order valence-corrected chi connectivity index (χ3v) is 5.36. The lowest BCUT2D eigenvalue weighted by atomic mass is 10.1. The second-order valence-electron chi connectivity index (χ2n) is 6.45. The molecule has 2 heterocycles. The van der Waals surface area contributed by atoms with Crippen molar-refractivity contribution in [1.82, 2.24) is 24.7 Å². The molecule has 0 aliphatic rings. The Morgan fingerprint density at radius 1 is 1.00 bits per heavy atom. The van der Waals surface area contributed by atoms with E-state index in [9.17, 15) is 21.6 Å². The zero-order chi connectivity index (χ0) is 21.8. The summed E-state index contributed by atoms with van der Waals surface area (Å²) in [5.74, 6) is 0.596. The summed E-state index contributed by atoms with van der Waals surface area (Å²) in [6, 6.07) is 9.27. The Morgan fingerprint density at radius 3 is 2.30 bits per heavy atom. The first kappa shape index (κ1) is 21.7. The van der Waals surface area contributed by atoms with Gasteiger partial charge in [0, 0.05) is 19.3 Å². The number of sulfonamides is 1. The first-order chi connectivity index (χ1) is 14.1. The predicted molar refractivity (Wildman–Crippen MR) is 104 cm³/mol. The molecule has 0 spiro atoms. The van der Waals surface area contributed by atoms with Crippen LogP contribution in [0, 0.1) is 6.92 Å². The van der Waals surface area contributed by atoms with Crippen molar-refractivity contribution in [2.75, 3.05) is 18.4 Å². The maximum absolute atomic E-state index is 12.6. The number of hydrogen-bond donors (Lipinski definition) is 2. The van der Waals surface area contributed by atoms with Gasteiger partial charge in [-0.25, -0.2) is 17.8 Å². The smallest absolute Gasteiger partial charge is 0.367 e. The molecule has 0 aliphatic carbocycles. The molecule has 0 amide bonds. The molecule has 0 saturated heterocycles. The molecule has 30 heavy (non-hydrogen) atoms. The highest BCUT2D eigenvalue weighted by atomic mass is 32.2. The lowest BCUT2D eigenvalue weighted by Gasteiger charge is -2.10. The van der Waals surface area contributed by atoms with Crippen LogP contribution in [0.25, 0.3) is 5.82 Å². The number of aryl methyl sites for hydroxylation is 1. The van der Waals surface area contributed by atoms with Crippen molar-refractivity contribution < 1.29 is 21.6 Å². The fraction of sp³-hybridized carbons (Fsp3) is 0.278. The van der Waals surface area contributed by atoms with Gasteiger partial charge in [0.2, 0.25) is 10.0 Å². The van der Waals surface area contributed by atoms with Gasteiger partial charge in [-0.3, -0.25) is 0 Å². The summed E-state index contributed by atoms with van der Waals surface area (Å²) in [5.41, 5.74) is 0.289. The second kappa shape index (κ2) is 8.79. The molecule has 0 atom stereocenters. The van der Waals surface area contributed by atoms with Crippen molar-refractivity contribution in [3.63, 3.8) is 0 Å². The Morgan fingerprint density at radius 2 is 1.73 bits per heavy atom. The van der Waals surface area contributed by atoms with Gasteiger partial charge < -0.3 is 5.32 Å². The lowest BCUT2D eigenvalue weighted by Crippen LogP contribution is -2.30. The zero-order valence-corrected chi connectivity index (χ0v) is 16.7. The van der Waals surface area contributed by atoms with Gasteiger partial charge >= 0.3 is 6.18 Å². The average molecular weight is 440 g/mol. The van der Waals surface area contributed by atoms with Gasteiger partial charge in [-0.15, -0.1) is 10.2 Å². The van der Waals surface area contributed by atoms with E-state index in [0.29, 0.717) is 11.6 Å². The van der Waals surface area contributed by atoms with Crippen molar-refractivity contribution in [2.24, 2.45) is 0 Å². The number of hydrogen-bond acceptors (Lipinski definition) is 6. The van der Waals surface area contributed by atoms with Gasteiger partial charge in [0.15, 0.2) is 5.82 Å². The summed E-state index contributed by atoms with van der Waals surface area (Å²) in [4.78, 5) is 0. The number of rotatable bonds is 8. The Hall–Kier alpha value is -2.99. The van der Waals surface area contributed by atoms with E-state index in [4.69, 9.17) is 0 Å². The summed E-state index contributed by atoms with van der Waals surface area (Å²) >= 11 is 0. The topological polar surface area (TPSA) is 102 Å². The molecule has 0 fully saturated rings. The first-order valence-corrected chi connectivity index (χ1v) is 10.5. The summed E-state index contributed by atoms with van der Waals surface area (Å²) in [6.07, 6.45) is -2.70. The summed E-state index contributed by atoms with van der Waals surface area (Å²) < 4.78 is 65.9. The van der Waals surface area contributed by atoms with Crippen LogP contribution in [0.5, 0.6) is 0 Å². The van der Waals surface area contributed by atoms with E-state index in [-0.39, 0.29) is 18.7 Å². The predicted octanol–water partition coefficient (Wildman–Crippen LogP) is 2.52. The Labute approximate surface area is 171 Å². The molecule has 1 aromatic carbocycles. The van der Waals surface area contributed by atoms with Crippen molar-refractivity contribution in [3.8, 4) is 5.82 Å². The van der Waals surface area contributed by atoms with E-state index in [1.54, 1.807) is 23.0 Å². The molecule has 3 aromatic rings. The minimum absolute atomic E-state index is 0.0742. The molecule has 0 saturated carbocycles. The van der Waals surface area contributed by atoms with Gasteiger partial charge in [0.05, 0.1) is 17.0 Å². The minimum Gasteiger partial charge on any atom is -0.367 e. The Kier molecular flexibility index (Phi) is 6.37. The van der Waals surface area contributed by atoms with E-state index >= 15 is 0 Å². The molecule has 3 rings (SSSR count). The molecule has 0 radical (unpaired) electrons. The molecule has 12 heteroatoms. The highest BCUT2D eigenvalue weighted by Gasteiger charge is 2.30. The molecular formula is C18H19F3N6O2S. The number of anilines is 1. The fourth-order valence-electron chi connectivity index (χ4n) is 2.54. The number of halogens is 3. The number of nitrogens with one attached hydrogen (secondary N) is 2. The van der Waals surface area contributed by atoms with Gasteiger partial charge in [0.1, 0.15) is 5.82 Å². The quantitative estimate of drug-likeness (QED) is 0.522. The maximum Gasteiger partial charge on any atom is 0.416 e. The van der Waals surface area contributed by atoms with Crippen LogP contribution in [-0.4, -0.2) is 41.5 Å². The molecule has 160 valence electrons. The average Bonchev–Trinajstić information content (AvgIpc) is 3.11. The lowest BCUT2D eigenvalue weighted by molar-refractivity contribution is -0.137. The van der Waals surface area contributed by atoms with Crippen LogP contribution < -0.4 is 10.0 Å². The van der Waals surface area contributed by atoms with Gasteiger partial charge in [-0.05, 0) is 42.8 Å².